The van der Waals surface area contributed by atoms with E-state index in [0.29, 0.717) is 42.1 Å². The monoisotopic (exact) mass is 530 g/mol. The predicted molar refractivity (Wildman–Crippen MR) is 146 cm³/mol. The van der Waals surface area contributed by atoms with Gasteiger partial charge in [0.25, 0.3) is 5.91 Å². The standard InChI is InChI=1S/C29H30N4O4S/c1-18-27(32-13-14-38-28(32)31-18)37-29(35)30-16-25-23-12-6-8-20(23)17-33(25)26(34)24-11-4-3-10-22(24)19-7-5-9-21(15-19)36-2/h3-5,7,9-11,13-15,20,23,25H,6,8,12,16-17H2,1-2H3,(H,30,35)/t20-,23-,25+/m0/s1. The van der Waals surface area contributed by atoms with Crippen molar-refractivity contribution in [3.8, 4) is 22.8 Å². The number of benzene rings is 2. The number of carbonyl (C=O) groups excluding carboxylic acids is 2. The molecule has 2 aromatic carbocycles. The number of ether oxygens (including phenoxy) is 2. The Bertz CT molecular complexity index is 1490. The first-order chi connectivity index (χ1) is 18.5. The number of imidazole rings is 1. The van der Waals surface area contributed by atoms with Crippen molar-refractivity contribution in [3.63, 3.8) is 0 Å². The van der Waals surface area contributed by atoms with Gasteiger partial charge in [-0.2, -0.15) is 0 Å². The van der Waals surface area contributed by atoms with Gasteiger partial charge in [0.05, 0.1) is 13.2 Å². The minimum atomic E-state index is -0.535. The molecule has 4 aromatic rings. The van der Waals surface area contributed by atoms with E-state index in [1.165, 1.54) is 11.3 Å². The first kappa shape index (κ1) is 24.5. The van der Waals surface area contributed by atoms with Crippen molar-refractivity contribution in [2.24, 2.45) is 11.8 Å². The van der Waals surface area contributed by atoms with Crippen LogP contribution in [0.2, 0.25) is 0 Å². The number of aromatic nitrogens is 2. The van der Waals surface area contributed by atoms with Crippen LogP contribution in [-0.2, 0) is 0 Å². The van der Waals surface area contributed by atoms with Crippen LogP contribution in [0.3, 0.4) is 0 Å². The van der Waals surface area contributed by atoms with Gasteiger partial charge in [-0.05, 0) is 60.9 Å². The van der Waals surface area contributed by atoms with Crippen molar-refractivity contribution in [3.05, 3.63) is 71.4 Å². The maximum atomic E-state index is 14.0. The minimum absolute atomic E-state index is 0.00963. The summed E-state index contributed by atoms with van der Waals surface area (Å²) in [6.45, 7) is 2.87. The SMILES string of the molecule is COc1cccc(-c2ccccc2C(=O)N2C[C@@H]3CCC[C@@H]3[C@H]2CNC(=O)Oc2c(C)nc3sccn23)c1. The van der Waals surface area contributed by atoms with Crippen molar-refractivity contribution >= 4 is 28.3 Å². The summed E-state index contributed by atoms with van der Waals surface area (Å²) in [5, 5.41) is 4.85. The second-order valence-electron chi connectivity index (χ2n) is 9.99. The highest BCUT2D eigenvalue weighted by molar-refractivity contribution is 7.15. The number of hydrogen-bond acceptors (Lipinski definition) is 6. The molecule has 2 aliphatic rings. The Hall–Kier alpha value is -3.85. The van der Waals surface area contributed by atoms with Gasteiger partial charge in [-0.3, -0.25) is 9.20 Å². The zero-order valence-electron chi connectivity index (χ0n) is 21.4. The molecule has 0 spiro atoms. The molecule has 1 aliphatic heterocycles. The molecule has 1 saturated carbocycles. The Morgan fingerprint density at radius 3 is 2.89 bits per heavy atom. The zero-order valence-corrected chi connectivity index (χ0v) is 22.2. The number of amides is 2. The Kier molecular flexibility index (Phi) is 6.53. The number of nitrogens with zero attached hydrogens (tertiary/aromatic N) is 3. The molecule has 0 bridgehead atoms. The molecule has 1 N–H and O–H groups in total. The number of methoxy groups -OCH3 is 1. The van der Waals surface area contributed by atoms with Crippen LogP contribution in [0.15, 0.2) is 60.1 Å². The quantitative estimate of drug-likeness (QED) is 0.360. The highest BCUT2D eigenvalue weighted by Gasteiger charge is 2.46. The number of nitrogens with one attached hydrogen (secondary N) is 1. The lowest BCUT2D eigenvalue weighted by atomic mass is 9.93. The van der Waals surface area contributed by atoms with Gasteiger partial charge < -0.3 is 19.7 Å². The lowest BCUT2D eigenvalue weighted by molar-refractivity contribution is 0.0711. The Balaban J connectivity index is 1.22. The number of thiazole rings is 1. The molecule has 2 aromatic heterocycles. The molecule has 0 unspecified atom stereocenters. The lowest BCUT2D eigenvalue weighted by Gasteiger charge is -2.29. The molecule has 2 fully saturated rings. The summed E-state index contributed by atoms with van der Waals surface area (Å²) in [5.74, 6) is 1.97. The third-order valence-electron chi connectivity index (χ3n) is 7.87. The smallest absolute Gasteiger partial charge is 0.414 e. The van der Waals surface area contributed by atoms with Gasteiger partial charge in [0.2, 0.25) is 5.88 Å². The summed E-state index contributed by atoms with van der Waals surface area (Å²) in [5.41, 5.74) is 3.12. The zero-order chi connectivity index (χ0) is 26.2. The Morgan fingerprint density at radius 1 is 1.16 bits per heavy atom. The fourth-order valence-electron chi connectivity index (χ4n) is 6.09. The van der Waals surface area contributed by atoms with Gasteiger partial charge in [0, 0.05) is 30.2 Å². The molecule has 196 valence electrons. The first-order valence-electron chi connectivity index (χ1n) is 13.0. The topological polar surface area (TPSA) is 85.2 Å². The summed E-state index contributed by atoms with van der Waals surface area (Å²) in [6, 6.07) is 15.4. The molecule has 3 heterocycles. The average molecular weight is 531 g/mol. The molecule has 2 amide bonds. The molecule has 1 aliphatic carbocycles. The van der Waals surface area contributed by atoms with E-state index in [-0.39, 0.29) is 11.9 Å². The molecule has 1 saturated heterocycles. The fraction of sp³-hybridized carbons (Fsp3) is 0.345. The fourth-order valence-corrected chi connectivity index (χ4v) is 6.84. The van der Waals surface area contributed by atoms with Crippen LogP contribution in [0.4, 0.5) is 4.79 Å². The van der Waals surface area contributed by atoms with E-state index in [0.717, 1.165) is 41.1 Å². The third-order valence-corrected chi connectivity index (χ3v) is 8.63. The maximum Gasteiger partial charge on any atom is 0.414 e. The van der Waals surface area contributed by atoms with Crippen LogP contribution in [-0.4, -0.2) is 52.5 Å². The lowest BCUT2D eigenvalue weighted by Crippen LogP contribution is -2.46. The van der Waals surface area contributed by atoms with Gasteiger partial charge >= 0.3 is 6.09 Å². The van der Waals surface area contributed by atoms with E-state index in [1.807, 2.05) is 71.9 Å². The summed E-state index contributed by atoms with van der Waals surface area (Å²) < 4.78 is 12.8. The van der Waals surface area contributed by atoms with Gasteiger partial charge in [-0.25, -0.2) is 9.78 Å². The first-order valence-corrected chi connectivity index (χ1v) is 13.8. The van der Waals surface area contributed by atoms with Crippen LogP contribution in [0.5, 0.6) is 11.6 Å². The van der Waals surface area contributed by atoms with E-state index < -0.39 is 6.09 Å². The molecule has 8 nitrogen and oxygen atoms in total. The molecular formula is C29H30N4O4S. The van der Waals surface area contributed by atoms with Crippen molar-refractivity contribution in [2.45, 2.75) is 32.2 Å². The van der Waals surface area contributed by atoms with Crippen LogP contribution in [0, 0.1) is 18.8 Å². The predicted octanol–water partition coefficient (Wildman–Crippen LogP) is 5.41. The van der Waals surface area contributed by atoms with Crippen LogP contribution >= 0.6 is 11.3 Å². The molecule has 38 heavy (non-hydrogen) atoms. The molecule has 3 atom stereocenters. The number of rotatable bonds is 6. The minimum Gasteiger partial charge on any atom is -0.497 e. The van der Waals surface area contributed by atoms with E-state index in [1.54, 1.807) is 11.5 Å². The number of fused-ring (bicyclic) bond motifs is 2. The summed E-state index contributed by atoms with van der Waals surface area (Å²) in [6.07, 6.45) is 4.63. The number of carbonyl (C=O) groups is 2. The number of likely N-dealkylation sites (tertiary alicyclic amines) is 1. The number of hydrogen-bond donors (Lipinski definition) is 1. The van der Waals surface area contributed by atoms with Crippen molar-refractivity contribution in [2.75, 3.05) is 20.2 Å². The summed E-state index contributed by atoms with van der Waals surface area (Å²) >= 11 is 1.49. The Morgan fingerprint density at radius 2 is 2.03 bits per heavy atom. The second-order valence-corrected chi connectivity index (χ2v) is 10.9. The van der Waals surface area contributed by atoms with Crippen molar-refractivity contribution in [1.29, 1.82) is 0 Å². The normalized spacial score (nSPS) is 20.5. The van der Waals surface area contributed by atoms with Crippen molar-refractivity contribution in [1.82, 2.24) is 19.6 Å². The molecule has 9 heteroatoms. The highest BCUT2D eigenvalue weighted by atomic mass is 32.1. The Labute approximate surface area is 225 Å². The molecule has 0 radical (unpaired) electrons. The van der Waals surface area contributed by atoms with E-state index in [4.69, 9.17) is 9.47 Å². The molecular weight excluding hydrogens is 500 g/mol. The second kappa shape index (κ2) is 10.1. The van der Waals surface area contributed by atoms with Gasteiger partial charge in [-0.15, -0.1) is 11.3 Å². The van der Waals surface area contributed by atoms with E-state index in [2.05, 4.69) is 10.3 Å². The van der Waals surface area contributed by atoms with Crippen molar-refractivity contribution < 1.29 is 19.1 Å². The maximum absolute atomic E-state index is 14.0. The van der Waals surface area contributed by atoms with Crippen LogP contribution in [0.1, 0.15) is 35.3 Å². The van der Waals surface area contributed by atoms with Gasteiger partial charge in [0.15, 0.2) is 4.96 Å². The summed E-state index contributed by atoms with van der Waals surface area (Å²) in [4.78, 5) is 34.1. The third kappa shape index (κ3) is 4.41. The van der Waals surface area contributed by atoms with Crippen LogP contribution < -0.4 is 14.8 Å². The average Bonchev–Trinajstić information content (AvgIpc) is 3.71. The van der Waals surface area contributed by atoms with Gasteiger partial charge in [-0.1, -0.05) is 36.8 Å². The van der Waals surface area contributed by atoms with E-state index >= 15 is 0 Å². The highest BCUT2D eigenvalue weighted by Crippen LogP contribution is 2.43. The molecule has 6 rings (SSSR count). The number of aryl methyl sites for hydroxylation is 1. The summed E-state index contributed by atoms with van der Waals surface area (Å²) in [7, 11) is 1.64. The van der Waals surface area contributed by atoms with Gasteiger partial charge in [0.1, 0.15) is 11.4 Å². The largest absolute Gasteiger partial charge is 0.497 e. The van der Waals surface area contributed by atoms with Crippen LogP contribution in [0.25, 0.3) is 16.1 Å². The van der Waals surface area contributed by atoms with E-state index in [9.17, 15) is 9.59 Å².